The van der Waals surface area contributed by atoms with Crippen molar-refractivity contribution in [3.8, 4) is 45.1 Å². The zero-order valence-electron chi connectivity index (χ0n) is 33.4. The molecule has 60 heavy (non-hydrogen) atoms. The molecule has 0 spiro atoms. The van der Waals surface area contributed by atoms with Gasteiger partial charge in [0.1, 0.15) is 0 Å². The van der Waals surface area contributed by atoms with E-state index in [1.54, 1.807) is 0 Å². The number of fused-ring (bicyclic) bond motifs is 9. The summed E-state index contributed by atoms with van der Waals surface area (Å²) in [4.78, 5) is 10.6. The molecular weight excluding hydrogens is 729 g/mol. The van der Waals surface area contributed by atoms with E-state index < -0.39 is 0 Å². The van der Waals surface area contributed by atoms with Gasteiger partial charge in [-0.15, -0.1) is 0 Å². The second kappa shape index (κ2) is 14.5. The Morgan fingerprint density at radius 3 is 1.50 bits per heavy atom. The molecule has 0 N–H and O–H groups in total. The second-order valence-corrected chi connectivity index (χ2v) is 15.0. The maximum Gasteiger partial charge on any atom is 0.160 e. The highest BCUT2D eigenvalue weighted by Gasteiger charge is 2.18. The minimum absolute atomic E-state index is 0.705. The molecule has 0 aliphatic heterocycles. The average Bonchev–Trinajstić information content (AvgIpc) is 3.84. The van der Waals surface area contributed by atoms with Gasteiger partial charge in [-0.2, -0.15) is 0 Å². The summed E-state index contributed by atoms with van der Waals surface area (Å²) in [5.41, 5.74) is 13.3. The van der Waals surface area contributed by atoms with Crippen molar-refractivity contribution in [2.75, 3.05) is 0 Å². The van der Waals surface area contributed by atoms with E-state index in [9.17, 15) is 0 Å². The molecule has 0 radical (unpaired) electrons. The predicted molar refractivity (Wildman–Crippen MR) is 253 cm³/mol. The van der Waals surface area contributed by atoms with E-state index in [-0.39, 0.29) is 0 Å². The molecular formula is C56H40N4. The number of rotatable bonds is 5. The van der Waals surface area contributed by atoms with Crippen molar-refractivity contribution in [3.05, 3.63) is 206 Å². The van der Waals surface area contributed by atoms with Gasteiger partial charge in [0, 0.05) is 54.8 Å². The van der Waals surface area contributed by atoms with E-state index in [0.29, 0.717) is 5.82 Å². The van der Waals surface area contributed by atoms with Crippen LogP contribution in [0.4, 0.5) is 0 Å². The Hall–Kier alpha value is -7.82. The molecule has 4 heteroatoms. The summed E-state index contributed by atoms with van der Waals surface area (Å²) < 4.78 is 4.75. The second-order valence-electron chi connectivity index (χ2n) is 15.0. The molecule has 0 aliphatic carbocycles. The molecule has 0 saturated heterocycles. The number of para-hydroxylation sites is 3. The van der Waals surface area contributed by atoms with Crippen molar-refractivity contribution >= 4 is 65.3 Å². The Bertz CT molecular complexity index is 3560. The van der Waals surface area contributed by atoms with Crippen molar-refractivity contribution in [1.29, 1.82) is 0 Å². The maximum atomic E-state index is 5.29. The van der Waals surface area contributed by atoms with Crippen LogP contribution < -0.4 is 0 Å². The lowest BCUT2D eigenvalue weighted by Crippen LogP contribution is -1.98. The highest BCUT2D eigenvalue weighted by atomic mass is 15.0. The van der Waals surface area contributed by atoms with Gasteiger partial charge in [0.05, 0.1) is 33.3 Å². The molecule has 0 fully saturated rings. The molecule has 0 saturated carbocycles. The minimum atomic E-state index is 0.705. The van der Waals surface area contributed by atoms with Crippen LogP contribution in [0.2, 0.25) is 0 Å². The summed E-state index contributed by atoms with van der Waals surface area (Å²) in [5, 5.41) is 8.25. The molecule has 0 amide bonds. The lowest BCUT2D eigenvalue weighted by atomic mass is 10.0. The SMILES string of the molecule is CC.c1ccc(-c2nc(-c3cccc(-n4c5ccccc5c5cc(-c6ccc7c(c6)c6ccccc6n7-c6ccccc6)ccc54)c3)nc3c2ccc2ccccc23)cc1. The van der Waals surface area contributed by atoms with Crippen molar-refractivity contribution in [2.45, 2.75) is 13.8 Å². The first-order chi connectivity index (χ1) is 29.8. The Kier molecular flexibility index (Phi) is 8.56. The van der Waals surface area contributed by atoms with E-state index in [1.165, 1.54) is 43.7 Å². The molecule has 3 aromatic heterocycles. The normalized spacial score (nSPS) is 11.5. The number of nitrogens with zero attached hydrogens (tertiary/aromatic N) is 4. The van der Waals surface area contributed by atoms with Gasteiger partial charge in [-0.1, -0.05) is 153 Å². The lowest BCUT2D eigenvalue weighted by Gasteiger charge is -2.13. The van der Waals surface area contributed by atoms with E-state index in [4.69, 9.17) is 9.97 Å². The third kappa shape index (κ3) is 5.68. The molecule has 0 bridgehead atoms. The summed E-state index contributed by atoms with van der Waals surface area (Å²) >= 11 is 0. The van der Waals surface area contributed by atoms with E-state index in [1.807, 2.05) is 19.9 Å². The Morgan fingerprint density at radius 1 is 0.317 bits per heavy atom. The smallest absolute Gasteiger partial charge is 0.160 e. The van der Waals surface area contributed by atoms with Crippen LogP contribution in [0.5, 0.6) is 0 Å². The molecule has 12 aromatic rings. The molecule has 12 rings (SSSR count). The molecule has 0 unspecified atom stereocenters. The lowest BCUT2D eigenvalue weighted by molar-refractivity contribution is 1.17. The quantitative estimate of drug-likeness (QED) is 0.164. The first kappa shape index (κ1) is 35.4. The third-order valence-electron chi connectivity index (χ3n) is 11.7. The fourth-order valence-corrected chi connectivity index (χ4v) is 9.03. The van der Waals surface area contributed by atoms with Crippen LogP contribution in [-0.4, -0.2) is 19.1 Å². The van der Waals surface area contributed by atoms with Crippen molar-refractivity contribution in [3.63, 3.8) is 0 Å². The summed E-state index contributed by atoms with van der Waals surface area (Å²) in [6.07, 6.45) is 0. The largest absolute Gasteiger partial charge is 0.309 e. The highest BCUT2D eigenvalue weighted by molar-refractivity contribution is 6.13. The summed E-state index contributed by atoms with van der Waals surface area (Å²) in [6.45, 7) is 4.00. The average molecular weight is 769 g/mol. The zero-order valence-corrected chi connectivity index (χ0v) is 33.4. The van der Waals surface area contributed by atoms with Crippen LogP contribution in [-0.2, 0) is 0 Å². The topological polar surface area (TPSA) is 35.6 Å². The molecule has 9 aromatic carbocycles. The van der Waals surface area contributed by atoms with Crippen LogP contribution in [0.3, 0.4) is 0 Å². The Labute approximate surface area is 348 Å². The Morgan fingerprint density at radius 2 is 0.833 bits per heavy atom. The van der Waals surface area contributed by atoms with Crippen molar-refractivity contribution in [1.82, 2.24) is 19.1 Å². The van der Waals surface area contributed by atoms with Crippen LogP contribution >= 0.6 is 0 Å². The number of hydrogen-bond acceptors (Lipinski definition) is 2. The van der Waals surface area contributed by atoms with Gasteiger partial charge in [0.25, 0.3) is 0 Å². The standard InChI is InChI=1S/C54H34N4.C2H6/c1-3-15-36(16-4-1)52-45-29-26-35-14-7-8-21-42(35)53(45)56-54(55-52)39-17-13-20-41(32-39)58-49-25-12-10-23-44(49)47-34-38(28-31-51(47)58)37-27-30-50-46(33-37)43-22-9-11-24-48(43)57(50)40-18-5-2-6-19-40;1-2/h1-34H;1-2H3. The van der Waals surface area contributed by atoms with Crippen molar-refractivity contribution in [2.24, 2.45) is 0 Å². The molecule has 0 atom stereocenters. The van der Waals surface area contributed by atoms with Gasteiger partial charge < -0.3 is 9.13 Å². The van der Waals surface area contributed by atoms with Gasteiger partial charge >= 0.3 is 0 Å². The van der Waals surface area contributed by atoms with Crippen LogP contribution in [0.1, 0.15) is 13.8 Å². The fraction of sp³-hybridized carbons (Fsp3) is 0.0357. The van der Waals surface area contributed by atoms with Gasteiger partial charge in [0.15, 0.2) is 5.82 Å². The molecule has 0 aliphatic rings. The maximum absolute atomic E-state index is 5.29. The monoisotopic (exact) mass is 768 g/mol. The first-order valence-electron chi connectivity index (χ1n) is 20.7. The first-order valence-corrected chi connectivity index (χ1v) is 20.7. The van der Waals surface area contributed by atoms with Crippen molar-refractivity contribution < 1.29 is 0 Å². The van der Waals surface area contributed by atoms with Crippen LogP contribution in [0, 0.1) is 0 Å². The van der Waals surface area contributed by atoms with Crippen LogP contribution in [0.15, 0.2) is 206 Å². The fourth-order valence-electron chi connectivity index (χ4n) is 9.03. The van der Waals surface area contributed by atoms with Gasteiger partial charge in [-0.3, -0.25) is 0 Å². The number of benzene rings is 9. The van der Waals surface area contributed by atoms with E-state index in [0.717, 1.165) is 60.9 Å². The molecule has 284 valence electrons. The predicted octanol–water partition coefficient (Wildman–Crippen LogP) is 15.0. The Balaban J connectivity index is 0.00000201. The van der Waals surface area contributed by atoms with Crippen LogP contribution in [0.25, 0.3) is 110 Å². The molecule has 3 heterocycles. The highest BCUT2D eigenvalue weighted by Crippen LogP contribution is 2.39. The third-order valence-corrected chi connectivity index (χ3v) is 11.7. The number of hydrogen-bond donors (Lipinski definition) is 0. The van der Waals surface area contributed by atoms with Gasteiger partial charge in [-0.05, 0) is 83.2 Å². The summed E-state index contributed by atoms with van der Waals surface area (Å²) in [5.74, 6) is 0.705. The van der Waals surface area contributed by atoms with E-state index >= 15 is 0 Å². The zero-order chi connectivity index (χ0) is 40.2. The van der Waals surface area contributed by atoms with Gasteiger partial charge in [0.2, 0.25) is 0 Å². The summed E-state index contributed by atoms with van der Waals surface area (Å²) in [6, 6.07) is 73.8. The van der Waals surface area contributed by atoms with E-state index in [2.05, 4.69) is 209 Å². The number of aromatic nitrogens is 4. The van der Waals surface area contributed by atoms with Gasteiger partial charge in [-0.25, -0.2) is 9.97 Å². The molecule has 4 nitrogen and oxygen atoms in total. The summed E-state index contributed by atoms with van der Waals surface area (Å²) in [7, 11) is 0. The minimum Gasteiger partial charge on any atom is -0.309 e.